The summed E-state index contributed by atoms with van der Waals surface area (Å²) in [7, 11) is 0. The molecule has 0 aliphatic rings. The first kappa shape index (κ1) is 11.7. The van der Waals surface area contributed by atoms with E-state index in [1.165, 1.54) is 0 Å². The van der Waals surface area contributed by atoms with Crippen molar-refractivity contribution < 1.29 is 9.63 Å². The Hall–Kier alpha value is -1.79. The fraction of sp³-hybridized carbons (Fsp3) is 0.364. The number of pyridine rings is 1. The maximum Gasteiger partial charge on any atom is 0.246 e. The molecule has 2 heterocycles. The molecule has 0 saturated carbocycles. The quantitative estimate of drug-likeness (QED) is 0.812. The van der Waals surface area contributed by atoms with Crippen LogP contribution in [0.1, 0.15) is 23.3 Å². The minimum atomic E-state index is -0.639. The second-order valence-electron chi connectivity index (χ2n) is 3.88. The first-order valence-corrected chi connectivity index (χ1v) is 5.26. The van der Waals surface area contributed by atoms with Gasteiger partial charge in [-0.25, -0.2) is 0 Å². The average molecular weight is 234 g/mol. The molecule has 17 heavy (non-hydrogen) atoms. The second-order valence-corrected chi connectivity index (χ2v) is 3.88. The topological polar surface area (TPSA) is 98.1 Å². The predicted molar refractivity (Wildman–Crippen MR) is 61.0 cm³/mol. The number of aromatic nitrogens is 3. The summed E-state index contributed by atoms with van der Waals surface area (Å²) in [6.07, 6.45) is 0. The molecule has 2 rings (SSSR count). The van der Waals surface area contributed by atoms with Crippen LogP contribution >= 0.6 is 0 Å². The van der Waals surface area contributed by atoms with Gasteiger partial charge in [-0.05, 0) is 26.0 Å². The lowest BCUT2D eigenvalue weighted by Gasteiger charge is -2.00. The molecule has 6 nitrogen and oxygen atoms in total. The minimum Gasteiger partial charge on any atom is -0.394 e. The number of aryl methyl sites for hydroxylation is 2. The van der Waals surface area contributed by atoms with E-state index in [0.29, 0.717) is 5.82 Å². The van der Waals surface area contributed by atoms with E-state index in [4.69, 9.17) is 15.4 Å². The molecule has 2 aromatic heterocycles. The highest BCUT2D eigenvalue weighted by Gasteiger charge is 2.15. The van der Waals surface area contributed by atoms with Gasteiger partial charge in [-0.2, -0.15) is 4.98 Å². The lowest BCUT2D eigenvalue weighted by atomic mass is 10.2. The van der Waals surface area contributed by atoms with Gasteiger partial charge in [0.25, 0.3) is 0 Å². The summed E-state index contributed by atoms with van der Waals surface area (Å²) >= 11 is 0. The van der Waals surface area contributed by atoms with Crippen LogP contribution in [0.25, 0.3) is 11.4 Å². The van der Waals surface area contributed by atoms with Crippen LogP contribution in [0.5, 0.6) is 0 Å². The molecule has 0 aliphatic carbocycles. The Morgan fingerprint density at radius 1 is 1.29 bits per heavy atom. The smallest absolute Gasteiger partial charge is 0.246 e. The largest absolute Gasteiger partial charge is 0.394 e. The van der Waals surface area contributed by atoms with Crippen molar-refractivity contribution in [3.63, 3.8) is 0 Å². The molecule has 2 aromatic rings. The summed E-state index contributed by atoms with van der Waals surface area (Å²) in [6.45, 7) is 3.57. The van der Waals surface area contributed by atoms with Gasteiger partial charge in [-0.1, -0.05) is 5.16 Å². The van der Waals surface area contributed by atoms with E-state index in [1.54, 1.807) is 0 Å². The monoisotopic (exact) mass is 234 g/mol. The van der Waals surface area contributed by atoms with Crippen LogP contribution in [0.2, 0.25) is 0 Å². The highest BCUT2D eigenvalue weighted by molar-refractivity contribution is 5.55. The molecular formula is C11H14N4O2. The van der Waals surface area contributed by atoms with Gasteiger partial charge in [0.2, 0.25) is 11.7 Å². The first-order valence-electron chi connectivity index (χ1n) is 5.26. The van der Waals surface area contributed by atoms with Crippen molar-refractivity contribution in [2.24, 2.45) is 5.73 Å². The standard InChI is InChI=1S/C11H14N4O2/c1-6-3-8(4-7(2)13-6)10-14-11(17-15-10)9(12)5-16/h3-4,9,16H,5,12H2,1-2H3/t9-/m1/s1. The van der Waals surface area contributed by atoms with Gasteiger partial charge in [0.05, 0.1) is 6.61 Å². The number of rotatable bonds is 3. The third-order valence-corrected chi connectivity index (χ3v) is 2.30. The highest BCUT2D eigenvalue weighted by Crippen LogP contribution is 2.19. The summed E-state index contributed by atoms with van der Waals surface area (Å²) in [5.41, 5.74) is 8.19. The summed E-state index contributed by atoms with van der Waals surface area (Å²) in [6, 6.07) is 3.10. The zero-order chi connectivity index (χ0) is 12.4. The molecule has 0 unspecified atom stereocenters. The zero-order valence-electron chi connectivity index (χ0n) is 9.71. The number of hydrogen-bond acceptors (Lipinski definition) is 6. The van der Waals surface area contributed by atoms with E-state index >= 15 is 0 Å². The van der Waals surface area contributed by atoms with Gasteiger partial charge in [0.15, 0.2) is 0 Å². The SMILES string of the molecule is Cc1cc(-c2noc([C@H](N)CO)n2)cc(C)n1. The third kappa shape index (κ3) is 2.48. The maximum absolute atomic E-state index is 8.89. The van der Waals surface area contributed by atoms with Crippen LogP contribution in [0, 0.1) is 13.8 Å². The third-order valence-electron chi connectivity index (χ3n) is 2.30. The summed E-state index contributed by atoms with van der Waals surface area (Å²) in [4.78, 5) is 8.41. The number of hydrogen-bond donors (Lipinski definition) is 2. The summed E-state index contributed by atoms with van der Waals surface area (Å²) in [5.74, 6) is 0.687. The van der Waals surface area contributed by atoms with E-state index in [2.05, 4.69) is 15.1 Å². The molecular weight excluding hydrogens is 220 g/mol. The zero-order valence-corrected chi connectivity index (χ0v) is 9.71. The summed E-state index contributed by atoms with van der Waals surface area (Å²) in [5, 5.41) is 12.7. The van der Waals surface area contributed by atoms with Crippen molar-refractivity contribution in [1.82, 2.24) is 15.1 Å². The fourth-order valence-electron chi connectivity index (χ4n) is 1.54. The Balaban J connectivity index is 2.36. The molecule has 0 amide bonds. The van der Waals surface area contributed by atoms with Gasteiger partial charge in [0, 0.05) is 17.0 Å². The van der Waals surface area contributed by atoms with Crippen molar-refractivity contribution in [3.8, 4) is 11.4 Å². The van der Waals surface area contributed by atoms with Crippen LogP contribution in [0.4, 0.5) is 0 Å². The van der Waals surface area contributed by atoms with Gasteiger partial charge in [-0.15, -0.1) is 0 Å². The first-order chi connectivity index (χ1) is 8.10. The molecule has 0 aliphatic heterocycles. The Bertz CT molecular complexity index is 504. The minimum absolute atomic E-state index is 0.226. The van der Waals surface area contributed by atoms with Crippen LogP contribution in [0.3, 0.4) is 0 Å². The molecule has 0 bridgehead atoms. The van der Waals surface area contributed by atoms with E-state index in [1.807, 2.05) is 26.0 Å². The summed E-state index contributed by atoms with van der Waals surface area (Å²) < 4.78 is 4.98. The fourth-order valence-corrected chi connectivity index (χ4v) is 1.54. The second kappa shape index (κ2) is 4.60. The number of nitrogens with two attached hydrogens (primary N) is 1. The Morgan fingerprint density at radius 2 is 1.94 bits per heavy atom. The Kier molecular flexibility index (Phi) is 3.16. The molecule has 0 fully saturated rings. The molecule has 3 N–H and O–H groups in total. The lowest BCUT2D eigenvalue weighted by molar-refractivity contribution is 0.237. The van der Waals surface area contributed by atoms with Crippen molar-refractivity contribution in [1.29, 1.82) is 0 Å². The average Bonchev–Trinajstić information content (AvgIpc) is 2.76. The number of nitrogens with zero attached hydrogens (tertiary/aromatic N) is 3. The molecule has 6 heteroatoms. The molecule has 0 saturated heterocycles. The van der Waals surface area contributed by atoms with Gasteiger partial charge < -0.3 is 15.4 Å². The highest BCUT2D eigenvalue weighted by atomic mass is 16.5. The molecule has 0 radical (unpaired) electrons. The van der Waals surface area contributed by atoms with Crippen molar-refractivity contribution in [2.75, 3.05) is 6.61 Å². The predicted octanol–water partition coefficient (Wildman–Crippen LogP) is 0.741. The molecule has 0 aromatic carbocycles. The van der Waals surface area contributed by atoms with Gasteiger partial charge in [-0.3, -0.25) is 4.98 Å². The Morgan fingerprint density at radius 3 is 2.53 bits per heavy atom. The van der Waals surface area contributed by atoms with E-state index in [0.717, 1.165) is 17.0 Å². The van der Waals surface area contributed by atoms with Crippen molar-refractivity contribution in [2.45, 2.75) is 19.9 Å². The van der Waals surface area contributed by atoms with Gasteiger partial charge in [0.1, 0.15) is 6.04 Å². The van der Waals surface area contributed by atoms with Crippen molar-refractivity contribution in [3.05, 3.63) is 29.4 Å². The van der Waals surface area contributed by atoms with Gasteiger partial charge >= 0.3 is 0 Å². The number of aliphatic hydroxyl groups is 1. The van der Waals surface area contributed by atoms with E-state index in [-0.39, 0.29) is 12.5 Å². The van der Waals surface area contributed by atoms with Crippen molar-refractivity contribution >= 4 is 0 Å². The normalized spacial score (nSPS) is 12.7. The molecule has 0 spiro atoms. The maximum atomic E-state index is 8.89. The van der Waals surface area contributed by atoms with Crippen LogP contribution < -0.4 is 5.73 Å². The van der Waals surface area contributed by atoms with Crippen LogP contribution in [0.15, 0.2) is 16.7 Å². The molecule has 90 valence electrons. The molecule has 1 atom stereocenters. The van der Waals surface area contributed by atoms with Crippen LogP contribution in [-0.2, 0) is 0 Å². The van der Waals surface area contributed by atoms with Crippen LogP contribution in [-0.4, -0.2) is 26.8 Å². The Labute approximate surface area is 98.5 Å². The number of aliphatic hydroxyl groups excluding tert-OH is 1. The lowest BCUT2D eigenvalue weighted by Crippen LogP contribution is -2.14. The van der Waals surface area contributed by atoms with E-state index in [9.17, 15) is 0 Å². The van der Waals surface area contributed by atoms with E-state index < -0.39 is 6.04 Å².